The Labute approximate surface area is 152 Å². The van der Waals surface area contributed by atoms with E-state index in [1.54, 1.807) is 13.0 Å². The van der Waals surface area contributed by atoms with E-state index >= 15 is 0 Å². The summed E-state index contributed by atoms with van der Waals surface area (Å²) in [6.07, 6.45) is 0. The smallest absolute Gasteiger partial charge is 0.317 e. The number of aromatic nitrogens is 2. The summed E-state index contributed by atoms with van der Waals surface area (Å²) < 4.78 is 14.4. The number of carbonyl (C=O) groups excluding carboxylic acids is 1. The fourth-order valence-corrected chi connectivity index (χ4v) is 3.17. The molecule has 134 valence electrons. The second-order valence-corrected chi connectivity index (χ2v) is 6.40. The van der Waals surface area contributed by atoms with E-state index in [2.05, 4.69) is 10.3 Å². The van der Waals surface area contributed by atoms with Gasteiger partial charge < -0.3 is 10.3 Å². The Kier molecular flexibility index (Phi) is 4.65. The summed E-state index contributed by atoms with van der Waals surface area (Å²) in [5.74, 6) is -1.10. The van der Waals surface area contributed by atoms with Crippen LogP contribution in [0.2, 0.25) is 5.02 Å². The summed E-state index contributed by atoms with van der Waals surface area (Å²) >= 11 is 6.17. The fourth-order valence-electron chi connectivity index (χ4n) is 2.81. The summed E-state index contributed by atoms with van der Waals surface area (Å²) in [6, 6.07) is 7.14. The molecule has 26 heavy (non-hydrogen) atoms. The number of amides is 1. The summed E-state index contributed by atoms with van der Waals surface area (Å²) in [4.78, 5) is 38.7. The van der Waals surface area contributed by atoms with Crippen molar-refractivity contribution >= 4 is 34.2 Å². The highest BCUT2D eigenvalue weighted by molar-refractivity contribution is 6.34. The minimum Gasteiger partial charge on any atom is -0.323 e. The zero-order valence-electron chi connectivity index (χ0n) is 14.0. The van der Waals surface area contributed by atoms with Gasteiger partial charge in [0.15, 0.2) is 0 Å². The molecule has 0 saturated carbocycles. The molecular weight excluding hydrogens is 361 g/mol. The van der Waals surface area contributed by atoms with E-state index in [4.69, 9.17) is 11.6 Å². The first kappa shape index (κ1) is 17.9. The number of hydrogen-bond acceptors (Lipinski definition) is 3. The van der Waals surface area contributed by atoms with E-state index in [-0.39, 0.29) is 11.0 Å². The van der Waals surface area contributed by atoms with Gasteiger partial charge in [-0.3, -0.25) is 19.0 Å². The molecule has 2 N–H and O–H groups in total. The Bertz CT molecular complexity index is 1130. The Morgan fingerprint density at radius 3 is 2.65 bits per heavy atom. The highest BCUT2D eigenvalue weighted by Crippen LogP contribution is 2.27. The summed E-state index contributed by atoms with van der Waals surface area (Å²) in [7, 11) is 0. The van der Waals surface area contributed by atoms with Gasteiger partial charge in [0.2, 0.25) is 5.91 Å². The quantitative estimate of drug-likeness (QED) is 0.690. The molecule has 0 aliphatic rings. The summed E-state index contributed by atoms with van der Waals surface area (Å²) in [5.41, 5.74) is 0.713. The largest absolute Gasteiger partial charge is 0.323 e. The zero-order chi connectivity index (χ0) is 19.0. The molecule has 3 rings (SSSR count). The number of nitrogens with zero attached hydrogens (tertiary/aromatic N) is 1. The number of aryl methyl sites for hydroxylation is 2. The number of anilines is 1. The van der Waals surface area contributed by atoms with E-state index < -0.39 is 29.4 Å². The molecular formula is C18H15ClFN3O3. The van der Waals surface area contributed by atoms with Crippen molar-refractivity contribution in [1.82, 2.24) is 9.55 Å². The maximum atomic E-state index is 13.4. The standard InChI is InChI=1S/C18H15ClFN3O3/c1-9-5-10(2)16(12(19)6-9)22-15(24)8-23-14-4-3-11(20)7-13(14)21-17(25)18(23)26/h3-7H,8H2,1-2H3,(H,21,25)(H,22,24). The topological polar surface area (TPSA) is 84.0 Å². The number of nitrogens with one attached hydrogen (secondary N) is 2. The van der Waals surface area contributed by atoms with Crippen molar-refractivity contribution in [3.05, 3.63) is 73.0 Å². The van der Waals surface area contributed by atoms with Gasteiger partial charge in [0.05, 0.1) is 21.7 Å². The number of carbonyl (C=O) groups is 1. The maximum absolute atomic E-state index is 13.4. The van der Waals surface area contributed by atoms with Gasteiger partial charge >= 0.3 is 11.1 Å². The van der Waals surface area contributed by atoms with E-state index in [1.165, 1.54) is 6.07 Å². The van der Waals surface area contributed by atoms with Crippen LogP contribution in [0.4, 0.5) is 10.1 Å². The van der Waals surface area contributed by atoms with Crippen LogP contribution in [-0.2, 0) is 11.3 Å². The van der Waals surface area contributed by atoms with E-state index in [1.807, 2.05) is 13.0 Å². The molecule has 0 saturated heterocycles. The van der Waals surface area contributed by atoms with Gasteiger partial charge in [0.1, 0.15) is 12.4 Å². The minimum atomic E-state index is -0.930. The lowest BCUT2D eigenvalue weighted by Crippen LogP contribution is -2.38. The molecule has 0 bridgehead atoms. The Balaban J connectivity index is 1.99. The van der Waals surface area contributed by atoms with E-state index in [0.29, 0.717) is 10.7 Å². The first-order valence-corrected chi connectivity index (χ1v) is 8.13. The highest BCUT2D eigenvalue weighted by atomic mass is 35.5. The molecule has 0 aliphatic carbocycles. The Hall–Kier alpha value is -2.93. The van der Waals surface area contributed by atoms with Crippen molar-refractivity contribution in [1.29, 1.82) is 0 Å². The number of fused-ring (bicyclic) bond motifs is 1. The molecule has 3 aromatic rings. The molecule has 0 spiro atoms. The third-order valence-corrected chi connectivity index (χ3v) is 4.23. The average molecular weight is 376 g/mol. The number of hydrogen-bond donors (Lipinski definition) is 2. The predicted octanol–water partition coefficient (Wildman–Crippen LogP) is 2.74. The van der Waals surface area contributed by atoms with Crippen molar-refractivity contribution in [2.45, 2.75) is 20.4 Å². The van der Waals surface area contributed by atoms with Crippen LogP contribution in [0.25, 0.3) is 11.0 Å². The molecule has 1 aromatic heterocycles. The minimum absolute atomic E-state index is 0.131. The number of aromatic amines is 1. The molecule has 0 radical (unpaired) electrons. The maximum Gasteiger partial charge on any atom is 0.317 e. The van der Waals surface area contributed by atoms with Crippen LogP contribution in [0, 0.1) is 19.7 Å². The molecule has 1 amide bonds. The number of H-pyrrole nitrogens is 1. The van der Waals surface area contributed by atoms with E-state index in [0.717, 1.165) is 27.8 Å². The van der Waals surface area contributed by atoms with Gasteiger partial charge in [-0.05, 0) is 49.2 Å². The molecule has 0 unspecified atom stereocenters. The second kappa shape index (κ2) is 6.76. The van der Waals surface area contributed by atoms with E-state index in [9.17, 15) is 18.8 Å². The zero-order valence-corrected chi connectivity index (χ0v) is 14.8. The monoisotopic (exact) mass is 375 g/mol. The van der Waals surface area contributed by atoms with Crippen LogP contribution in [0.1, 0.15) is 11.1 Å². The van der Waals surface area contributed by atoms with Crippen molar-refractivity contribution < 1.29 is 9.18 Å². The fraction of sp³-hybridized carbons (Fsp3) is 0.167. The van der Waals surface area contributed by atoms with Crippen LogP contribution in [-0.4, -0.2) is 15.5 Å². The van der Waals surface area contributed by atoms with Crippen LogP contribution >= 0.6 is 11.6 Å². The molecule has 1 heterocycles. The second-order valence-electron chi connectivity index (χ2n) is 5.99. The lowest BCUT2D eigenvalue weighted by molar-refractivity contribution is -0.116. The molecule has 8 heteroatoms. The molecule has 0 fully saturated rings. The van der Waals surface area contributed by atoms with Crippen molar-refractivity contribution in [3.8, 4) is 0 Å². The normalized spacial score (nSPS) is 10.9. The number of halogens is 2. The van der Waals surface area contributed by atoms with Gasteiger partial charge in [-0.15, -0.1) is 0 Å². The van der Waals surface area contributed by atoms with Crippen LogP contribution in [0.15, 0.2) is 39.9 Å². The molecule has 2 aromatic carbocycles. The number of benzene rings is 2. The first-order valence-electron chi connectivity index (χ1n) is 7.75. The third kappa shape index (κ3) is 3.39. The SMILES string of the molecule is Cc1cc(C)c(NC(=O)Cn2c(=O)c(=O)[nH]c3cc(F)ccc32)c(Cl)c1. The van der Waals surface area contributed by atoms with Crippen molar-refractivity contribution in [2.75, 3.05) is 5.32 Å². The lowest BCUT2D eigenvalue weighted by Gasteiger charge is -2.13. The lowest BCUT2D eigenvalue weighted by atomic mass is 10.1. The van der Waals surface area contributed by atoms with Gasteiger partial charge in [-0.25, -0.2) is 4.39 Å². The van der Waals surface area contributed by atoms with Crippen LogP contribution in [0.5, 0.6) is 0 Å². The predicted molar refractivity (Wildman–Crippen MR) is 98.3 cm³/mol. The van der Waals surface area contributed by atoms with Crippen molar-refractivity contribution in [3.63, 3.8) is 0 Å². The summed E-state index contributed by atoms with van der Waals surface area (Å²) in [5, 5.41) is 3.04. The summed E-state index contributed by atoms with van der Waals surface area (Å²) in [6.45, 7) is 3.27. The molecule has 0 aliphatic heterocycles. The molecule has 0 atom stereocenters. The first-order chi connectivity index (χ1) is 12.3. The van der Waals surface area contributed by atoms with Gasteiger partial charge in [0.25, 0.3) is 0 Å². The third-order valence-electron chi connectivity index (χ3n) is 3.93. The van der Waals surface area contributed by atoms with Crippen LogP contribution < -0.4 is 16.4 Å². The van der Waals surface area contributed by atoms with Gasteiger partial charge in [0, 0.05) is 0 Å². The Morgan fingerprint density at radius 1 is 1.23 bits per heavy atom. The molecule has 6 nitrogen and oxygen atoms in total. The van der Waals surface area contributed by atoms with Gasteiger partial charge in [-0.1, -0.05) is 17.7 Å². The Morgan fingerprint density at radius 2 is 1.96 bits per heavy atom. The van der Waals surface area contributed by atoms with Crippen LogP contribution in [0.3, 0.4) is 0 Å². The number of rotatable bonds is 3. The average Bonchev–Trinajstić information content (AvgIpc) is 2.55. The van der Waals surface area contributed by atoms with Gasteiger partial charge in [-0.2, -0.15) is 0 Å². The van der Waals surface area contributed by atoms with Crippen molar-refractivity contribution in [2.24, 2.45) is 0 Å². The highest BCUT2D eigenvalue weighted by Gasteiger charge is 2.14.